The van der Waals surface area contributed by atoms with E-state index in [0.29, 0.717) is 24.1 Å². The number of nitrogens with zero attached hydrogens (tertiary/aromatic N) is 1. The summed E-state index contributed by atoms with van der Waals surface area (Å²) in [5, 5.41) is 0. The fourth-order valence-corrected chi connectivity index (χ4v) is 2.77. The van der Waals surface area contributed by atoms with Crippen LogP contribution in [-0.4, -0.2) is 23.4 Å². The minimum absolute atomic E-state index is 0. The Labute approximate surface area is 127 Å². The number of carbonyl (C=O) groups excluding carboxylic acids is 1. The predicted molar refractivity (Wildman–Crippen MR) is 82.0 cm³/mol. The average molecular weight is 301 g/mol. The van der Waals surface area contributed by atoms with E-state index in [-0.39, 0.29) is 23.7 Å². The summed E-state index contributed by atoms with van der Waals surface area (Å²) in [5.74, 6) is 1.09. The molecule has 4 nitrogen and oxygen atoms in total. The molecule has 0 bridgehead atoms. The topological polar surface area (TPSA) is 59.5 Å². The molecule has 2 heterocycles. The van der Waals surface area contributed by atoms with E-state index >= 15 is 0 Å². The molecular weight excluding hydrogens is 276 g/mol. The highest BCUT2D eigenvalue weighted by molar-refractivity contribution is 5.92. The number of hydrogen-bond acceptors (Lipinski definition) is 3. The van der Waals surface area contributed by atoms with E-state index in [1.54, 1.807) is 12.1 Å². The Morgan fingerprint density at radius 1 is 1.45 bits per heavy atom. The SMILES string of the molecule is CC(C)(C)CC1CCCN1C(=O)c1ccc(CN)o1.Cl. The molecule has 2 rings (SSSR count). The molecule has 1 aliphatic rings. The van der Waals surface area contributed by atoms with Gasteiger partial charge in [0.05, 0.1) is 6.54 Å². The van der Waals surface area contributed by atoms with Crippen molar-refractivity contribution in [3.05, 3.63) is 23.7 Å². The molecule has 1 aromatic rings. The summed E-state index contributed by atoms with van der Waals surface area (Å²) in [6.07, 6.45) is 3.20. The lowest BCUT2D eigenvalue weighted by Gasteiger charge is -2.29. The summed E-state index contributed by atoms with van der Waals surface area (Å²) in [5.41, 5.74) is 5.74. The lowest BCUT2D eigenvalue weighted by molar-refractivity contribution is 0.0670. The zero-order valence-corrected chi connectivity index (χ0v) is 13.3. The maximum Gasteiger partial charge on any atom is 0.289 e. The van der Waals surface area contributed by atoms with Gasteiger partial charge in [0.25, 0.3) is 5.91 Å². The first-order chi connectivity index (χ1) is 8.90. The Kier molecular flexibility index (Phi) is 5.66. The van der Waals surface area contributed by atoms with Crippen molar-refractivity contribution in [2.45, 2.75) is 52.6 Å². The van der Waals surface area contributed by atoms with Gasteiger partial charge in [-0.2, -0.15) is 0 Å². The van der Waals surface area contributed by atoms with E-state index in [4.69, 9.17) is 10.2 Å². The highest BCUT2D eigenvalue weighted by atomic mass is 35.5. The summed E-state index contributed by atoms with van der Waals surface area (Å²) in [6, 6.07) is 3.85. The second-order valence-corrected chi connectivity index (χ2v) is 6.53. The van der Waals surface area contributed by atoms with Gasteiger partial charge in [-0.1, -0.05) is 20.8 Å². The first kappa shape index (κ1) is 17.1. The Morgan fingerprint density at radius 3 is 2.70 bits per heavy atom. The molecule has 0 spiro atoms. The van der Waals surface area contributed by atoms with Crippen LogP contribution in [0.2, 0.25) is 0 Å². The van der Waals surface area contributed by atoms with Gasteiger partial charge in [0.1, 0.15) is 5.76 Å². The molecule has 1 saturated heterocycles. The Hall–Kier alpha value is -1.00. The summed E-state index contributed by atoms with van der Waals surface area (Å²) in [6.45, 7) is 7.81. The predicted octanol–water partition coefficient (Wildman–Crippen LogP) is 3.20. The molecule has 0 radical (unpaired) electrons. The van der Waals surface area contributed by atoms with Crippen molar-refractivity contribution in [1.29, 1.82) is 0 Å². The molecule has 2 N–H and O–H groups in total. The molecule has 1 atom stereocenters. The van der Waals surface area contributed by atoms with E-state index in [9.17, 15) is 4.79 Å². The normalized spacial score (nSPS) is 19.0. The van der Waals surface area contributed by atoms with Gasteiger partial charge in [-0.05, 0) is 36.8 Å². The van der Waals surface area contributed by atoms with Crippen molar-refractivity contribution < 1.29 is 9.21 Å². The molecular formula is C15H25ClN2O2. The maximum atomic E-state index is 12.5. The van der Waals surface area contributed by atoms with E-state index in [1.165, 1.54) is 0 Å². The Bertz CT molecular complexity index is 451. The van der Waals surface area contributed by atoms with Crippen molar-refractivity contribution in [3.8, 4) is 0 Å². The smallest absolute Gasteiger partial charge is 0.289 e. The van der Waals surface area contributed by atoms with Crippen molar-refractivity contribution >= 4 is 18.3 Å². The van der Waals surface area contributed by atoms with Crippen LogP contribution in [0.25, 0.3) is 0 Å². The fourth-order valence-electron chi connectivity index (χ4n) is 2.77. The molecule has 5 heteroatoms. The number of amides is 1. The molecule has 0 aromatic carbocycles. The van der Waals surface area contributed by atoms with Gasteiger partial charge >= 0.3 is 0 Å². The van der Waals surface area contributed by atoms with Crippen LogP contribution >= 0.6 is 12.4 Å². The molecule has 1 amide bonds. The van der Waals surface area contributed by atoms with Crippen LogP contribution in [0.4, 0.5) is 0 Å². The lowest BCUT2D eigenvalue weighted by Crippen LogP contribution is -2.37. The van der Waals surface area contributed by atoms with Gasteiger partial charge in [0.15, 0.2) is 5.76 Å². The van der Waals surface area contributed by atoms with Crippen LogP contribution in [0.3, 0.4) is 0 Å². The maximum absolute atomic E-state index is 12.5. The van der Waals surface area contributed by atoms with Crippen LogP contribution in [0.15, 0.2) is 16.5 Å². The molecule has 20 heavy (non-hydrogen) atoms. The molecule has 1 fully saturated rings. The van der Waals surface area contributed by atoms with E-state index in [1.807, 2.05) is 4.90 Å². The Balaban J connectivity index is 0.00000200. The fraction of sp³-hybridized carbons (Fsp3) is 0.667. The number of hydrogen-bond donors (Lipinski definition) is 1. The second-order valence-electron chi connectivity index (χ2n) is 6.53. The number of rotatable bonds is 3. The number of nitrogens with two attached hydrogens (primary N) is 1. The largest absolute Gasteiger partial charge is 0.455 e. The van der Waals surface area contributed by atoms with Crippen molar-refractivity contribution in [1.82, 2.24) is 4.90 Å². The molecule has 1 aliphatic heterocycles. The quantitative estimate of drug-likeness (QED) is 0.932. The number of carbonyl (C=O) groups is 1. The van der Waals surface area contributed by atoms with E-state index < -0.39 is 0 Å². The Morgan fingerprint density at radius 2 is 2.15 bits per heavy atom. The van der Waals surface area contributed by atoms with Crippen molar-refractivity contribution in [2.75, 3.05) is 6.54 Å². The van der Waals surface area contributed by atoms with Crippen LogP contribution in [0, 0.1) is 5.41 Å². The highest BCUT2D eigenvalue weighted by Gasteiger charge is 2.33. The highest BCUT2D eigenvalue weighted by Crippen LogP contribution is 2.31. The minimum atomic E-state index is 0. The lowest BCUT2D eigenvalue weighted by atomic mass is 9.87. The zero-order chi connectivity index (χ0) is 14.0. The van der Waals surface area contributed by atoms with Gasteiger partial charge in [-0.15, -0.1) is 12.4 Å². The van der Waals surface area contributed by atoms with Crippen molar-refractivity contribution in [2.24, 2.45) is 11.1 Å². The van der Waals surface area contributed by atoms with Gasteiger partial charge < -0.3 is 15.1 Å². The van der Waals surface area contributed by atoms with Crippen LogP contribution < -0.4 is 5.73 Å². The van der Waals surface area contributed by atoms with Gasteiger partial charge in [-0.25, -0.2) is 0 Å². The monoisotopic (exact) mass is 300 g/mol. The van der Waals surface area contributed by atoms with Crippen LogP contribution in [0.5, 0.6) is 0 Å². The summed E-state index contributed by atoms with van der Waals surface area (Å²) < 4.78 is 5.47. The molecule has 114 valence electrons. The van der Waals surface area contributed by atoms with Gasteiger partial charge in [0.2, 0.25) is 0 Å². The van der Waals surface area contributed by atoms with Crippen molar-refractivity contribution in [3.63, 3.8) is 0 Å². The standard InChI is InChI=1S/C15H24N2O2.ClH/c1-15(2,3)9-11-5-4-8-17(11)14(18)13-7-6-12(10-16)19-13;/h6-7,11H,4-5,8-10,16H2,1-3H3;1H. The summed E-state index contributed by atoms with van der Waals surface area (Å²) in [7, 11) is 0. The first-order valence-corrected chi connectivity index (χ1v) is 7.00. The molecule has 0 aliphatic carbocycles. The number of likely N-dealkylation sites (tertiary alicyclic amines) is 1. The van der Waals surface area contributed by atoms with Crippen LogP contribution in [0.1, 0.15) is 56.3 Å². The minimum Gasteiger partial charge on any atom is -0.455 e. The van der Waals surface area contributed by atoms with Crippen LogP contribution in [-0.2, 0) is 6.54 Å². The van der Waals surface area contributed by atoms with E-state index in [2.05, 4.69) is 20.8 Å². The third-order valence-corrected chi connectivity index (χ3v) is 3.56. The number of halogens is 1. The van der Waals surface area contributed by atoms with E-state index in [0.717, 1.165) is 25.8 Å². The van der Waals surface area contributed by atoms with Gasteiger partial charge in [-0.3, -0.25) is 4.79 Å². The zero-order valence-electron chi connectivity index (χ0n) is 12.5. The second kappa shape index (κ2) is 6.64. The van der Waals surface area contributed by atoms with Gasteiger partial charge in [0, 0.05) is 12.6 Å². The third kappa shape index (κ3) is 4.00. The molecule has 0 saturated carbocycles. The average Bonchev–Trinajstić information content (AvgIpc) is 2.94. The molecule has 1 unspecified atom stereocenters. The summed E-state index contributed by atoms with van der Waals surface area (Å²) in [4.78, 5) is 14.4. The molecule has 1 aromatic heterocycles. The number of furan rings is 1. The first-order valence-electron chi connectivity index (χ1n) is 7.00. The summed E-state index contributed by atoms with van der Waals surface area (Å²) >= 11 is 0. The third-order valence-electron chi connectivity index (χ3n) is 3.56.